The van der Waals surface area contributed by atoms with Crippen LogP contribution in [0.4, 0.5) is 5.69 Å². The van der Waals surface area contributed by atoms with Crippen LogP contribution in [-0.4, -0.2) is 31.7 Å². The quantitative estimate of drug-likeness (QED) is 0.749. The molecule has 0 unspecified atom stereocenters. The van der Waals surface area contributed by atoms with Gasteiger partial charge in [-0.15, -0.1) is 0 Å². The zero-order valence-corrected chi connectivity index (χ0v) is 17.6. The molecule has 144 valence electrons. The SMILES string of the molecule is Cc1ccc(NC(=O)C2CCN(S(=O)(=O)Cc3ccc(Br)cc3)CC2)cc1. The Balaban J connectivity index is 1.55. The predicted octanol–water partition coefficient (Wildman–Crippen LogP) is 3.94. The first kappa shape index (κ1) is 20.0. The van der Waals surface area contributed by atoms with E-state index < -0.39 is 10.0 Å². The van der Waals surface area contributed by atoms with E-state index in [9.17, 15) is 13.2 Å². The van der Waals surface area contributed by atoms with Crippen LogP contribution < -0.4 is 5.32 Å². The van der Waals surface area contributed by atoms with E-state index in [1.165, 1.54) is 4.31 Å². The van der Waals surface area contributed by atoms with Crippen LogP contribution >= 0.6 is 15.9 Å². The van der Waals surface area contributed by atoms with Crippen molar-refractivity contribution in [2.24, 2.45) is 5.92 Å². The van der Waals surface area contributed by atoms with Crippen LogP contribution in [0.25, 0.3) is 0 Å². The zero-order valence-electron chi connectivity index (χ0n) is 15.2. The van der Waals surface area contributed by atoms with Crippen molar-refractivity contribution in [3.05, 3.63) is 64.1 Å². The van der Waals surface area contributed by atoms with Crippen LogP contribution in [-0.2, 0) is 20.6 Å². The summed E-state index contributed by atoms with van der Waals surface area (Å²) in [6.45, 7) is 2.76. The molecule has 5 nitrogen and oxygen atoms in total. The average molecular weight is 451 g/mol. The molecule has 0 aromatic heterocycles. The first-order valence-corrected chi connectivity index (χ1v) is 11.3. The monoisotopic (exact) mass is 450 g/mol. The Labute approximate surface area is 169 Å². The van der Waals surface area contributed by atoms with Gasteiger partial charge in [0.05, 0.1) is 5.75 Å². The molecular weight excluding hydrogens is 428 g/mol. The molecule has 1 N–H and O–H groups in total. The summed E-state index contributed by atoms with van der Waals surface area (Å²) >= 11 is 3.35. The van der Waals surface area contributed by atoms with Gasteiger partial charge in [0.15, 0.2) is 0 Å². The van der Waals surface area contributed by atoms with Gasteiger partial charge < -0.3 is 5.32 Å². The van der Waals surface area contributed by atoms with E-state index in [0.29, 0.717) is 25.9 Å². The molecule has 2 aromatic rings. The number of halogens is 1. The van der Waals surface area contributed by atoms with Crippen molar-refractivity contribution in [3.63, 3.8) is 0 Å². The van der Waals surface area contributed by atoms with Gasteiger partial charge in [0.25, 0.3) is 0 Å². The van der Waals surface area contributed by atoms with E-state index in [0.717, 1.165) is 21.3 Å². The number of aryl methyl sites for hydroxylation is 1. The lowest BCUT2D eigenvalue weighted by molar-refractivity contribution is -0.120. The second-order valence-corrected chi connectivity index (χ2v) is 9.80. The first-order chi connectivity index (χ1) is 12.8. The normalized spacial score (nSPS) is 16.2. The molecule has 1 fully saturated rings. The van der Waals surface area contributed by atoms with Crippen LogP contribution in [0.3, 0.4) is 0 Å². The minimum absolute atomic E-state index is 0.0134. The van der Waals surface area contributed by atoms with Crippen molar-refractivity contribution >= 4 is 37.5 Å². The van der Waals surface area contributed by atoms with Gasteiger partial charge in [0, 0.05) is 29.2 Å². The fraction of sp³-hybridized carbons (Fsp3) is 0.350. The lowest BCUT2D eigenvalue weighted by Gasteiger charge is -2.30. The minimum atomic E-state index is -3.38. The Morgan fingerprint density at radius 3 is 2.26 bits per heavy atom. The van der Waals surface area contributed by atoms with E-state index in [1.807, 2.05) is 55.5 Å². The van der Waals surface area contributed by atoms with E-state index in [1.54, 1.807) is 0 Å². The Hall–Kier alpha value is -1.70. The molecule has 1 heterocycles. The molecule has 0 spiro atoms. The predicted molar refractivity (Wildman–Crippen MR) is 111 cm³/mol. The maximum Gasteiger partial charge on any atom is 0.227 e. The van der Waals surface area contributed by atoms with Crippen molar-refractivity contribution in [1.29, 1.82) is 0 Å². The van der Waals surface area contributed by atoms with Crippen molar-refractivity contribution in [1.82, 2.24) is 4.31 Å². The first-order valence-electron chi connectivity index (χ1n) is 8.93. The fourth-order valence-corrected chi connectivity index (χ4v) is 4.99. The molecule has 0 radical (unpaired) electrons. The van der Waals surface area contributed by atoms with E-state index in [4.69, 9.17) is 0 Å². The van der Waals surface area contributed by atoms with Gasteiger partial charge in [0.2, 0.25) is 15.9 Å². The second-order valence-electron chi connectivity index (χ2n) is 6.91. The lowest BCUT2D eigenvalue weighted by atomic mass is 9.97. The Morgan fingerprint density at radius 2 is 1.67 bits per heavy atom. The van der Waals surface area contributed by atoms with Gasteiger partial charge in [-0.1, -0.05) is 45.8 Å². The number of carbonyl (C=O) groups excluding carboxylic acids is 1. The van der Waals surface area contributed by atoms with Crippen molar-refractivity contribution in [2.75, 3.05) is 18.4 Å². The van der Waals surface area contributed by atoms with Gasteiger partial charge in [-0.05, 0) is 49.6 Å². The number of sulfonamides is 1. The van der Waals surface area contributed by atoms with Gasteiger partial charge in [-0.2, -0.15) is 0 Å². The van der Waals surface area contributed by atoms with Crippen LogP contribution in [0, 0.1) is 12.8 Å². The molecule has 27 heavy (non-hydrogen) atoms. The number of hydrogen-bond acceptors (Lipinski definition) is 3. The fourth-order valence-electron chi connectivity index (χ4n) is 3.16. The summed E-state index contributed by atoms with van der Waals surface area (Å²) in [6, 6.07) is 15.0. The van der Waals surface area contributed by atoms with Crippen LogP contribution in [0.2, 0.25) is 0 Å². The molecule has 0 aliphatic carbocycles. The van der Waals surface area contributed by atoms with Crippen molar-refractivity contribution < 1.29 is 13.2 Å². The Morgan fingerprint density at radius 1 is 1.07 bits per heavy atom. The molecule has 7 heteroatoms. The molecule has 0 bridgehead atoms. The molecule has 1 saturated heterocycles. The molecule has 1 aliphatic rings. The average Bonchev–Trinajstić information content (AvgIpc) is 2.65. The number of hydrogen-bond donors (Lipinski definition) is 1. The van der Waals surface area contributed by atoms with Crippen LogP contribution in [0.15, 0.2) is 53.0 Å². The largest absolute Gasteiger partial charge is 0.326 e. The third kappa shape index (κ3) is 5.40. The second kappa shape index (κ2) is 8.54. The number of amides is 1. The Bertz CT molecular complexity index is 888. The van der Waals surface area contributed by atoms with Crippen LogP contribution in [0.1, 0.15) is 24.0 Å². The summed E-state index contributed by atoms with van der Waals surface area (Å²) in [4.78, 5) is 12.4. The summed E-state index contributed by atoms with van der Waals surface area (Å²) in [5.74, 6) is -0.213. The molecular formula is C20H23BrN2O3S. The smallest absolute Gasteiger partial charge is 0.227 e. The highest BCUT2D eigenvalue weighted by molar-refractivity contribution is 9.10. The number of rotatable bonds is 5. The van der Waals surface area contributed by atoms with Gasteiger partial charge in [-0.25, -0.2) is 12.7 Å². The summed E-state index contributed by atoms with van der Waals surface area (Å²) in [5.41, 5.74) is 2.67. The van der Waals surface area contributed by atoms with Crippen molar-refractivity contribution in [3.8, 4) is 0 Å². The standard InChI is InChI=1S/C20H23BrN2O3S/c1-15-2-8-19(9-3-15)22-20(24)17-10-12-23(13-11-17)27(25,26)14-16-4-6-18(21)7-5-16/h2-9,17H,10-14H2,1H3,(H,22,24). The number of nitrogens with zero attached hydrogens (tertiary/aromatic N) is 1. The highest BCUT2D eigenvalue weighted by atomic mass is 79.9. The molecule has 0 saturated carbocycles. The third-order valence-corrected chi connectivity index (χ3v) is 7.18. The maximum atomic E-state index is 12.7. The summed E-state index contributed by atoms with van der Waals surface area (Å²) in [7, 11) is -3.38. The number of anilines is 1. The Kier molecular flexibility index (Phi) is 6.34. The van der Waals surface area contributed by atoms with Gasteiger partial charge >= 0.3 is 0 Å². The number of piperidine rings is 1. The molecule has 1 amide bonds. The van der Waals surface area contributed by atoms with E-state index >= 15 is 0 Å². The number of carbonyl (C=O) groups is 1. The van der Waals surface area contributed by atoms with Gasteiger partial charge in [-0.3, -0.25) is 4.79 Å². The van der Waals surface area contributed by atoms with Gasteiger partial charge in [0.1, 0.15) is 0 Å². The summed E-state index contributed by atoms with van der Waals surface area (Å²) in [5, 5.41) is 2.93. The highest BCUT2D eigenvalue weighted by Gasteiger charge is 2.31. The highest BCUT2D eigenvalue weighted by Crippen LogP contribution is 2.23. The molecule has 2 aromatic carbocycles. The van der Waals surface area contributed by atoms with E-state index in [2.05, 4.69) is 21.2 Å². The van der Waals surface area contributed by atoms with E-state index in [-0.39, 0.29) is 17.6 Å². The summed E-state index contributed by atoms with van der Waals surface area (Å²) < 4.78 is 27.7. The zero-order chi connectivity index (χ0) is 19.4. The maximum absolute atomic E-state index is 12.7. The molecule has 1 aliphatic heterocycles. The number of benzene rings is 2. The summed E-state index contributed by atoms with van der Waals surface area (Å²) in [6.07, 6.45) is 1.08. The topological polar surface area (TPSA) is 66.5 Å². The minimum Gasteiger partial charge on any atom is -0.326 e. The molecule has 0 atom stereocenters. The third-order valence-electron chi connectivity index (χ3n) is 4.80. The van der Waals surface area contributed by atoms with Crippen molar-refractivity contribution in [2.45, 2.75) is 25.5 Å². The lowest BCUT2D eigenvalue weighted by Crippen LogP contribution is -2.41. The van der Waals surface area contributed by atoms with Crippen LogP contribution in [0.5, 0.6) is 0 Å². The number of nitrogens with one attached hydrogen (secondary N) is 1. The molecule has 3 rings (SSSR count).